The number of hydrogen-bond donors (Lipinski definition) is 0. The fourth-order valence-corrected chi connectivity index (χ4v) is 19.4. The highest BCUT2D eigenvalue weighted by Crippen LogP contribution is 2.46. The first-order valence-corrected chi connectivity index (χ1v) is 41.9. The van der Waals surface area contributed by atoms with Crippen LogP contribution in [0.25, 0.3) is 66.7 Å². The molecule has 109 heavy (non-hydrogen) atoms. The molecule has 8 heterocycles. The molecular formula is C92H84N6O5S6. The number of carbonyl (C=O) groups excluding carboxylic acids is 5. The van der Waals surface area contributed by atoms with E-state index in [2.05, 4.69) is 243 Å². The number of amides is 4. The number of benzene rings is 6. The third kappa shape index (κ3) is 18.7. The predicted octanol–water partition coefficient (Wildman–Crippen LogP) is 26.1. The molecule has 4 amide bonds. The van der Waals surface area contributed by atoms with Crippen molar-refractivity contribution in [2.24, 2.45) is 11.8 Å². The zero-order valence-electron chi connectivity index (χ0n) is 61.9. The third-order valence-corrected chi connectivity index (χ3v) is 26.5. The van der Waals surface area contributed by atoms with Gasteiger partial charge in [-0.25, -0.2) is 0 Å². The molecule has 0 radical (unpaired) electrons. The van der Waals surface area contributed by atoms with Crippen molar-refractivity contribution in [3.05, 3.63) is 280 Å². The van der Waals surface area contributed by atoms with Gasteiger partial charge in [0.2, 0.25) is 5.91 Å². The van der Waals surface area contributed by atoms with Crippen LogP contribution in [0, 0.1) is 34.5 Å². The van der Waals surface area contributed by atoms with E-state index < -0.39 is 11.8 Å². The van der Waals surface area contributed by atoms with E-state index in [9.17, 15) is 29.2 Å². The maximum Gasteiger partial charge on any atom is 0.271 e. The highest BCUT2D eigenvalue weighted by Gasteiger charge is 2.37. The SMILES string of the molecule is CCCCC(CC)CN1C(=O)C(C#N)=C(C)/C(=C/c2ccc(-c3ccc(-c4ccc(-c5ccc(N(c6ccccc6)c6ccccc6)cc5)s4)s3)s2)C1=O.CCCCC(CC)CN1C(=O)CC(C)=C(C#N)C1=O.O=Cc1ccc(-c2ccc(-c3cc(-c4ccc(N(c5ccccc5)c5ccccc5)cc4)cs3)s2)s1. The van der Waals surface area contributed by atoms with Crippen LogP contribution < -0.4 is 9.80 Å². The average molecular weight is 1550 g/mol. The lowest BCUT2D eigenvalue weighted by atomic mass is 9.92. The summed E-state index contributed by atoms with van der Waals surface area (Å²) in [5.41, 5.74) is 12.0. The van der Waals surface area contributed by atoms with Gasteiger partial charge >= 0.3 is 0 Å². The average Bonchev–Trinajstić information content (AvgIpc) is 1.53. The van der Waals surface area contributed by atoms with Crippen molar-refractivity contribution in [2.45, 2.75) is 99.3 Å². The van der Waals surface area contributed by atoms with Crippen LogP contribution in [0.15, 0.2) is 270 Å². The van der Waals surface area contributed by atoms with Gasteiger partial charge in [-0.05, 0) is 217 Å². The Morgan fingerprint density at radius 1 is 0.422 bits per heavy atom. The number of aldehydes is 1. The summed E-state index contributed by atoms with van der Waals surface area (Å²) in [6.07, 6.45) is 11.1. The van der Waals surface area contributed by atoms with Crippen LogP contribution in [0.5, 0.6) is 0 Å². The van der Waals surface area contributed by atoms with E-state index in [0.29, 0.717) is 35.7 Å². The summed E-state index contributed by atoms with van der Waals surface area (Å²) in [6, 6.07) is 86.7. The first-order valence-electron chi connectivity index (χ1n) is 36.9. The number of nitrogens with zero attached hydrogens (tertiary/aromatic N) is 6. The molecule has 6 aromatic carbocycles. The van der Waals surface area contributed by atoms with E-state index >= 15 is 0 Å². The molecule has 0 saturated carbocycles. The van der Waals surface area contributed by atoms with Gasteiger partial charge in [-0.1, -0.05) is 163 Å². The van der Waals surface area contributed by atoms with Gasteiger partial charge in [0.05, 0.1) is 4.88 Å². The summed E-state index contributed by atoms with van der Waals surface area (Å²) >= 11 is 10.2. The van der Waals surface area contributed by atoms with Gasteiger partial charge in [0.15, 0.2) is 6.29 Å². The van der Waals surface area contributed by atoms with Crippen molar-refractivity contribution in [1.82, 2.24) is 9.80 Å². The zero-order valence-corrected chi connectivity index (χ0v) is 66.8. The van der Waals surface area contributed by atoms with Crippen LogP contribution in [0.1, 0.15) is 114 Å². The normalized spacial score (nSPS) is 13.9. The highest BCUT2D eigenvalue weighted by atomic mass is 32.1. The number of unbranched alkanes of at least 4 members (excludes halogenated alkanes) is 2. The molecule has 2 unspecified atom stereocenters. The Morgan fingerprint density at radius 3 is 1.25 bits per heavy atom. The highest BCUT2D eigenvalue weighted by molar-refractivity contribution is 7.28. The van der Waals surface area contributed by atoms with Gasteiger partial charge in [-0.3, -0.25) is 33.8 Å². The first kappa shape index (κ1) is 77.9. The lowest BCUT2D eigenvalue weighted by Gasteiger charge is -2.30. The van der Waals surface area contributed by atoms with Crippen LogP contribution >= 0.6 is 68.0 Å². The van der Waals surface area contributed by atoms with Gasteiger partial charge in [0, 0.05) is 108 Å². The molecule has 0 fully saturated rings. The first-order chi connectivity index (χ1) is 53.2. The van der Waals surface area contributed by atoms with Gasteiger partial charge in [-0.2, -0.15) is 10.5 Å². The molecule has 6 aromatic heterocycles. The number of rotatable bonds is 26. The number of thiophene rings is 6. The van der Waals surface area contributed by atoms with Crippen molar-refractivity contribution in [3.63, 3.8) is 0 Å². The number of carbonyl (C=O) groups is 5. The summed E-state index contributed by atoms with van der Waals surface area (Å²) < 4.78 is 0. The van der Waals surface area contributed by atoms with Gasteiger partial charge in [0.1, 0.15) is 23.3 Å². The van der Waals surface area contributed by atoms with Gasteiger partial charge in [0.25, 0.3) is 17.7 Å². The Balaban J connectivity index is 0.000000172. The summed E-state index contributed by atoms with van der Waals surface area (Å²) in [6.45, 7) is 12.6. The van der Waals surface area contributed by atoms with Gasteiger partial charge < -0.3 is 9.80 Å². The lowest BCUT2D eigenvalue weighted by molar-refractivity contribution is -0.144. The molecule has 12 aromatic rings. The van der Waals surface area contributed by atoms with Crippen LogP contribution in [0.2, 0.25) is 0 Å². The summed E-state index contributed by atoms with van der Waals surface area (Å²) in [5, 5.41) is 21.1. The summed E-state index contributed by atoms with van der Waals surface area (Å²) in [7, 11) is 0. The molecule has 0 saturated heterocycles. The molecule has 0 spiro atoms. The summed E-state index contributed by atoms with van der Waals surface area (Å²) in [4.78, 5) is 81.6. The van der Waals surface area contributed by atoms with E-state index in [1.165, 1.54) is 67.1 Å². The fourth-order valence-electron chi connectivity index (χ4n) is 13.3. The lowest BCUT2D eigenvalue weighted by Crippen LogP contribution is -2.45. The van der Waals surface area contributed by atoms with E-state index in [-0.39, 0.29) is 35.3 Å². The zero-order chi connectivity index (χ0) is 76.3. The van der Waals surface area contributed by atoms with Crippen molar-refractivity contribution in [3.8, 4) is 72.7 Å². The molecule has 548 valence electrons. The Labute approximate surface area is 663 Å². The Kier molecular flexibility index (Phi) is 26.7. The van der Waals surface area contributed by atoms with E-state index in [1.54, 1.807) is 70.5 Å². The Bertz CT molecular complexity index is 5240. The topological polar surface area (TPSA) is 146 Å². The molecule has 0 aliphatic carbocycles. The van der Waals surface area contributed by atoms with E-state index in [1.807, 2.05) is 54.6 Å². The second kappa shape index (κ2) is 37.4. The number of nitriles is 2. The third-order valence-electron chi connectivity index (χ3n) is 19.5. The number of anilines is 6. The second-order valence-electron chi connectivity index (χ2n) is 26.8. The predicted molar refractivity (Wildman–Crippen MR) is 457 cm³/mol. The van der Waals surface area contributed by atoms with Gasteiger partial charge in [-0.15, -0.1) is 68.0 Å². The molecule has 14 rings (SSSR count). The Hall–Kier alpha value is -10.7. The minimum atomic E-state index is -0.475. The van der Waals surface area contributed by atoms with E-state index in [4.69, 9.17) is 5.26 Å². The molecule has 0 bridgehead atoms. The van der Waals surface area contributed by atoms with Crippen molar-refractivity contribution in [2.75, 3.05) is 22.9 Å². The van der Waals surface area contributed by atoms with Crippen molar-refractivity contribution in [1.29, 1.82) is 10.5 Å². The standard InChI is InChI=1S/C46H41N3O2S3.C31H21NOS3.C15H22N2O2/c1-4-6-13-32(5-2)30-48-45(50)38(31(3)39(29-47)46(48)51)28-37-22-23-41(52-37)42-26-27-44(54-42)43-25-24-40(53-43)33-18-20-36(21-19-33)49(34-14-9-7-10-15-34)35-16-11-8-12-17-35;33-20-27-15-16-28(35-27)29-17-18-30(36-29)31-19-23(21-34-31)22-11-13-26(14-12-22)32(24-7-3-1-4-8-24)25-9-5-2-6-10-25;1-4-6-7-12(5-2)10-17-14(18)8-11(3)13(9-16)15(17)19/h7-12,14-28,32H,4-6,13,30H2,1-3H3;1-21H;12H,4-8,10H2,1-3H3/b38-28-;;. The number of para-hydroxylation sites is 4. The fraction of sp³-hybridized carbons (Fsp3) is 0.207. The second-order valence-corrected chi connectivity index (χ2v) is 33.2. The molecule has 11 nitrogen and oxygen atoms in total. The minimum Gasteiger partial charge on any atom is -0.311 e. The van der Waals surface area contributed by atoms with Crippen LogP contribution in [-0.4, -0.2) is 52.8 Å². The maximum atomic E-state index is 13.7. The smallest absolute Gasteiger partial charge is 0.271 e. The van der Waals surface area contributed by atoms with Crippen LogP contribution in [0.4, 0.5) is 34.1 Å². The molecule has 2 aliphatic rings. The van der Waals surface area contributed by atoms with E-state index in [0.717, 1.165) is 116 Å². The molecule has 17 heteroatoms. The quantitative estimate of drug-likeness (QED) is 0.0294. The van der Waals surface area contributed by atoms with Crippen LogP contribution in [-0.2, 0) is 19.2 Å². The maximum absolute atomic E-state index is 13.7. The molecule has 0 N–H and O–H groups in total. The summed E-state index contributed by atoms with van der Waals surface area (Å²) in [5.74, 6) is -0.812. The van der Waals surface area contributed by atoms with Crippen LogP contribution in [0.3, 0.4) is 0 Å². The number of imide groups is 2. The van der Waals surface area contributed by atoms with Crippen molar-refractivity contribution >= 4 is 138 Å². The molecular weight excluding hydrogens is 1460 g/mol. The monoisotopic (exact) mass is 1540 g/mol. The number of hydrogen-bond acceptors (Lipinski definition) is 15. The molecule has 2 atom stereocenters. The Morgan fingerprint density at radius 2 is 0.807 bits per heavy atom. The molecule has 2 aliphatic heterocycles. The largest absolute Gasteiger partial charge is 0.311 e. The van der Waals surface area contributed by atoms with Crippen molar-refractivity contribution < 1.29 is 24.0 Å². The minimum absolute atomic E-state index is 0.0541.